The molecule has 2 rings (SSSR count). The van der Waals surface area contributed by atoms with E-state index in [1.54, 1.807) is 25.6 Å². The van der Waals surface area contributed by atoms with Gasteiger partial charge in [-0.3, -0.25) is 4.79 Å². The smallest absolute Gasteiger partial charge is 0.150 e. The minimum Gasteiger partial charge on any atom is -0.388 e. The number of methoxy groups -OCH3 is 1. The van der Waals surface area contributed by atoms with Crippen molar-refractivity contribution in [2.75, 3.05) is 14.2 Å². The molecule has 1 heterocycles. The average molecular weight is 317 g/mol. The highest BCUT2D eigenvalue weighted by atomic mass is 79.9. The van der Waals surface area contributed by atoms with Gasteiger partial charge in [-0.25, -0.2) is 0 Å². The van der Waals surface area contributed by atoms with Gasteiger partial charge in [-0.15, -0.1) is 11.3 Å². The Hall–Kier alpha value is -0.710. The Morgan fingerprint density at radius 3 is 2.35 bits per heavy atom. The van der Waals surface area contributed by atoms with Gasteiger partial charge in [0.25, 0.3) is 0 Å². The Bertz CT molecular complexity index is 452. The third-order valence-electron chi connectivity index (χ3n) is 1.65. The Balaban J connectivity index is 0.000000450. The Morgan fingerprint density at radius 2 is 1.82 bits per heavy atom. The molecule has 0 atom stereocenters. The summed E-state index contributed by atoms with van der Waals surface area (Å²) in [5, 5.41) is 1.12. The van der Waals surface area contributed by atoms with E-state index in [1.165, 1.54) is 4.70 Å². The fourth-order valence-corrected chi connectivity index (χ4v) is 2.64. The molecule has 2 aromatic rings. The van der Waals surface area contributed by atoms with Crippen molar-refractivity contribution >= 4 is 43.6 Å². The summed E-state index contributed by atoms with van der Waals surface area (Å²) >= 11 is 5.07. The van der Waals surface area contributed by atoms with E-state index < -0.39 is 0 Å². The molecular weight excluding hydrogens is 300 g/mol. The summed E-state index contributed by atoms with van der Waals surface area (Å²) in [5.74, 6) is 0. The zero-order valence-corrected chi connectivity index (χ0v) is 12.9. The standard InChI is InChI=1S/C9H5BrOS.C2H6O.C2H6/c10-9-4-7-3-6(5-11)1-2-8(7)12-9;1-3-2;1-2/h1-5H;1-2H3;1-2H3. The van der Waals surface area contributed by atoms with Crippen LogP contribution in [0.4, 0.5) is 0 Å². The first-order valence-electron chi connectivity index (χ1n) is 5.25. The molecule has 4 heteroatoms. The van der Waals surface area contributed by atoms with E-state index in [-0.39, 0.29) is 0 Å². The zero-order chi connectivity index (χ0) is 13.3. The number of ether oxygens (including phenoxy) is 1. The summed E-state index contributed by atoms with van der Waals surface area (Å²) in [6.07, 6.45) is 0.866. The van der Waals surface area contributed by atoms with Crippen LogP contribution in [0, 0.1) is 0 Å². The highest BCUT2D eigenvalue weighted by molar-refractivity contribution is 9.11. The van der Waals surface area contributed by atoms with Gasteiger partial charge < -0.3 is 4.74 Å². The molecule has 0 amide bonds. The summed E-state index contributed by atoms with van der Waals surface area (Å²) in [7, 11) is 3.25. The van der Waals surface area contributed by atoms with Crippen LogP contribution in [0.3, 0.4) is 0 Å². The first-order valence-corrected chi connectivity index (χ1v) is 6.86. The predicted molar refractivity (Wildman–Crippen MR) is 79.2 cm³/mol. The fraction of sp³-hybridized carbons (Fsp3) is 0.308. The lowest BCUT2D eigenvalue weighted by Crippen LogP contribution is -1.75. The zero-order valence-electron chi connectivity index (χ0n) is 10.5. The minimum absolute atomic E-state index is 0.729. The number of fused-ring (bicyclic) bond motifs is 1. The maximum absolute atomic E-state index is 10.4. The van der Waals surface area contributed by atoms with Crippen molar-refractivity contribution in [3.05, 3.63) is 33.6 Å². The van der Waals surface area contributed by atoms with Crippen molar-refractivity contribution in [2.45, 2.75) is 13.8 Å². The lowest BCUT2D eigenvalue weighted by molar-refractivity contribution is 0.112. The van der Waals surface area contributed by atoms with Gasteiger partial charge in [0.15, 0.2) is 0 Å². The molecule has 0 spiro atoms. The molecule has 1 aromatic carbocycles. The Labute approximate surface area is 115 Å². The van der Waals surface area contributed by atoms with Crippen molar-refractivity contribution in [1.29, 1.82) is 0 Å². The maximum atomic E-state index is 10.4. The number of thiophene rings is 1. The van der Waals surface area contributed by atoms with Crippen LogP contribution in [-0.4, -0.2) is 20.5 Å². The summed E-state index contributed by atoms with van der Waals surface area (Å²) in [6.45, 7) is 4.00. The highest BCUT2D eigenvalue weighted by Gasteiger charge is 1.99. The first-order chi connectivity index (χ1) is 8.21. The number of rotatable bonds is 1. The molecule has 94 valence electrons. The molecule has 0 aliphatic carbocycles. The number of aldehydes is 1. The molecule has 0 radical (unpaired) electrons. The highest BCUT2D eigenvalue weighted by Crippen LogP contribution is 2.29. The van der Waals surface area contributed by atoms with E-state index in [4.69, 9.17) is 0 Å². The van der Waals surface area contributed by atoms with Gasteiger partial charge in [0.05, 0.1) is 3.79 Å². The van der Waals surface area contributed by atoms with Crippen molar-refractivity contribution in [1.82, 2.24) is 0 Å². The van der Waals surface area contributed by atoms with Crippen LogP contribution in [0.5, 0.6) is 0 Å². The van der Waals surface area contributed by atoms with Crippen LogP contribution >= 0.6 is 27.3 Å². The number of benzene rings is 1. The second-order valence-corrected chi connectivity index (χ2v) is 5.34. The average Bonchev–Trinajstić information content (AvgIpc) is 2.71. The topological polar surface area (TPSA) is 26.3 Å². The lowest BCUT2D eigenvalue weighted by atomic mass is 10.2. The van der Waals surface area contributed by atoms with E-state index in [9.17, 15) is 4.79 Å². The number of halogens is 1. The van der Waals surface area contributed by atoms with Gasteiger partial charge >= 0.3 is 0 Å². The molecule has 0 aliphatic heterocycles. The number of hydrogen-bond donors (Lipinski definition) is 0. The molecule has 17 heavy (non-hydrogen) atoms. The van der Waals surface area contributed by atoms with Gasteiger partial charge in [0.1, 0.15) is 6.29 Å². The number of carbonyl (C=O) groups excluding carboxylic acids is 1. The van der Waals surface area contributed by atoms with Gasteiger partial charge in [0, 0.05) is 24.5 Å². The van der Waals surface area contributed by atoms with Crippen LogP contribution in [0.2, 0.25) is 0 Å². The van der Waals surface area contributed by atoms with Crippen LogP contribution in [0.1, 0.15) is 24.2 Å². The molecule has 0 unspecified atom stereocenters. The summed E-state index contributed by atoms with van der Waals surface area (Å²) in [6, 6.07) is 7.71. The molecule has 0 aliphatic rings. The molecule has 2 nitrogen and oxygen atoms in total. The third kappa shape index (κ3) is 5.44. The van der Waals surface area contributed by atoms with E-state index in [2.05, 4.69) is 20.7 Å². The van der Waals surface area contributed by atoms with Gasteiger partial charge in [-0.1, -0.05) is 19.9 Å². The summed E-state index contributed by atoms with van der Waals surface area (Å²) < 4.78 is 6.55. The monoisotopic (exact) mass is 316 g/mol. The largest absolute Gasteiger partial charge is 0.388 e. The maximum Gasteiger partial charge on any atom is 0.150 e. The van der Waals surface area contributed by atoms with Crippen LogP contribution in [0.25, 0.3) is 10.1 Å². The second kappa shape index (κ2) is 9.33. The Kier molecular flexibility index (Phi) is 8.94. The van der Waals surface area contributed by atoms with Crippen molar-refractivity contribution in [2.24, 2.45) is 0 Å². The van der Waals surface area contributed by atoms with Gasteiger partial charge in [-0.2, -0.15) is 0 Å². The molecule has 0 saturated carbocycles. The second-order valence-electron chi connectivity index (χ2n) is 2.87. The van der Waals surface area contributed by atoms with Crippen molar-refractivity contribution < 1.29 is 9.53 Å². The molecule has 0 saturated heterocycles. The number of hydrogen-bond acceptors (Lipinski definition) is 3. The fourth-order valence-electron chi connectivity index (χ4n) is 1.10. The van der Waals surface area contributed by atoms with E-state index in [1.807, 2.05) is 38.1 Å². The minimum atomic E-state index is 0.729. The molecule has 0 fully saturated rings. The van der Waals surface area contributed by atoms with Gasteiger partial charge in [0.2, 0.25) is 0 Å². The van der Waals surface area contributed by atoms with Crippen LogP contribution in [0.15, 0.2) is 28.1 Å². The van der Waals surface area contributed by atoms with Crippen molar-refractivity contribution in [3.8, 4) is 0 Å². The lowest BCUT2D eigenvalue weighted by Gasteiger charge is -1.89. The van der Waals surface area contributed by atoms with Crippen LogP contribution in [-0.2, 0) is 4.74 Å². The first kappa shape index (κ1) is 16.3. The quantitative estimate of drug-likeness (QED) is 0.709. The van der Waals surface area contributed by atoms with E-state index in [0.29, 0.717) is 0 Å². The summed E-state index contributed by atoms with van der Waals surface area (Å²) in [4.78, 5) is 10.4. The van der Waals surface area contributed by atoms with E-state index in [0.717, 1.165) is 21.0 Å². The van der Waals surface area contributed by atoms with Crippen LogP contribution < -0.4 is 0 Å². The Morgan fingerprint density at radius 1 is 1.24 bits per heavy atom. The molecule has 0 N–H and O–H groups in total. The normalized spacial score (nSPS) is 8.76. The predicted octanol–water partition coefficient (Wildman–Crippen LogP) is 4.77. The van der Waals surface area contributed by atoms with Crippen molar-refractivity contribution in [3.63, 3.8) is 0 Å². The van der Waals surface area contributed by atoms with E-state index >= 15 is 0 Å². The SMILES string of the molecule is CC.COC.O=Cc1ccc2sc(Br)cc2c1. The molecule has 1 aromatic heterocycles. The third-order valence-corrected chi connectivity index (χ3v) is 3.27. The molecular formula is C13H17BrO2S. The van der Waals surface area contributed by atoms with Gasteiger partial charge in [-0.05, 0) is 39.5 Å². The number of carbonyl (C=O) groups is 1. The summed E-state index contributed by atoms with van der Waals surface area (Å²) in [5.41, 5.74) is 0.729. The molecule has 0 bridgehead atoms.